The molecule has 0 aromatic heterocycles. The SMILES string of the molecule is Cc1cccc(C2/C(=C(/O)c3ccc(F)c(C)c3)C(=O)C(=O)N2CCN(C)C)c1. The minimum absolute atomic E-state index is 0.0327. The number of halogens is 1. The van der Waals surface area contributed by atoms with Gasteiger partial charge in [-0.2, -0.15) is 0 Å². The summed E-state index contributed by atoms with van der Waals surface area (Å²) in [6.07, 6.45) is 0. The predicted molar refractivity (Wildman–Crippen MR) is 110 cm³/mol. The fourth-order valence-corrected chi connectivity index (χ4v) is 3.55. The molecule has 1 saturated heterocycles. The number of aryl methyl sites for hydroxylation is 2. The largest absolute Gasteiger partial charge is 0.507 e. The molecule has 1 N–H and O–H groups in total. The van der Waals surface area contributed by atoms with Crippen molar-refractivity contribution in [2.45, 2.75) is 19.9 Å². The van der Waals surface area contributed by atoms with Gasteiger partial charge in [-0.1, -0.05) is 29.8 Å². The van der Waals surface area contributed by atoms with Crippen LogP contribution in [0.1, 0.15) is 28.3 Å². The Bertz CT molecular complexity index is 997. The van der Waals surface area contributed by atoms with Crippen LogP contribution in [0.4, 0.5) is 4.39 Å². The summed E-state index contributed by atoms with van der Waals surface area (Å²) < 4.78 is 13.7. The van der Waals surface area contributed by atoms with Crippen LogP contribution in [0.15, 0.2) is 48.0 Å². The first-order valence-corrected chi connectivity index (χ1v) is 9.47. The zero-order valence-corrected chi connectivity index (χ0v) is 17.1. The zero-order chi connectivity index (χ0) is 21.3. The third-order valence-corrected chi connectivity index (χ3v) is 5.12. The second kappa shape index (κ2) is 8.17. The summed E-state index contributed by atoms with van der Waals surface area (Å²) in [5.41, 5.74) is 2.43. The quantitative estimate of drug-likeness (QED) is 0.478. The van der Waals surface area contributed by atoms with E-state index in [0.717, 1.165) is 11.1 Å². The second-order valence-electron chi connectivity index (χ2n) is 7.67. The highest BCUT2D eigenvalue weighted by molar-refractivity contribution is 6.46. The standard InChI is InChI=1S/C23H25FN2O3/c1-14-6-5-7-16(12-14)20-19(21(27)17-8-9-18(24)15(2)13-17)22(28)23(29)26(20)11-10-25(3)4/h5-9,12-13,20,27H,10-11H2,1-4H3/b21-19-. The molecule has 1 amide bonds. The molecule has 6 heteroatoms. The van der Waals surface area contributed by atoms with E-state index < -0.39 is 23.5 Å². The third kappa shape index (κ3) is 4.07. The van der Waals surface area contributed by atoms with Gasteiger partial charge < -0.3 is 14.9 Å². The van der Waals surface area contributed by atoms with Gasteiger partial charge in [0, 0.05) is 18.7 Å². The summed E-state index contributed by atoms with van der Waals surface area (Å²) in [6.45, 7) is 4.43. The number of aliphatic hydroxyl groups excluding tert-OH is 1. The smallest absolute Gasteiger partial charge is 0.295 e. The number of carbonyl (C=O) groups is 2. The van der Waals surface area contributed by atoms with Crippen molar-refractivity contribution in [3.63, 3.8) is 0 Å². The van der Waals surface area contributed by atoms with E-state index >= 15 is 0 Å². The molecule has 1 aliphatic heterocycles. The second-order valence-corrected chi connectivity index (χ2v) is 7.67. The van der Waals surface area contributed by atoms with Crippen LogP contribution in [-0.4, -0.2) is 53.8 Å². The molecule has 5 nitrogen and oxygen atoms in total. The monoisotopic (exact) mass is 396 g/mol. The molecule has 3 rings (SSSR count). The van der Waals surface area contributed by atoms with E-state index in [4.69, 9.17) is 0 Å². The van der Waals surface area contributed by atoms with Crippen molar-refractivity contribution >= 4 is 17.4 Å². The fourth-order valence-electron chi connectivity index (χ4n) is 3.55. The molecule has 29 heavy (non-hydrogen) atoms. The first kappa shape index (κ1) is 20.7. The molecule has 1 aliphatic rings. The van der Waals surface area contributed by atoms with Crippen molar-refractivity contribution in [2.24, 2.45) is 0 Å². The molecule has 0 spiro atoms. The van der Waals surface area contributed by atoms with E-state index in [0.29, 0.717) is 24.2 Å². The molecule has 1 atom stereocenters. The zero-order valence-electron chi connectivity index (χ0n) is 17.1. The highest BCUT2D eigenvalue weighted by atomic mass is 19.1. The van der Waals surface area contributed by atoms with Gasteiger partial charge in [0.15, 0.2) is 0 Å². The van der Waals surface area contributed by atoms with Gasteiger partial charge in [-0.3, -0.25) is 9.59 Å². The number of ketones is 1. The summed E-state index contributed by atoms with van der Waals surface area (Å²) in [7, 11) is 3.78. The normalized spacial score (nSPS) is 18.7. The fraction of sp³-hybridized carbons (Fsp3) is 0.304. The van der Waals surface area contributed by atoms with Gasteiger partial charge in [0.05, 0.1) is 11.6 Å². The number of likely N-dealkylation sites (tertiary alicyclic amines) is 1. The minimum Gasteiger partial charge on any atom is -0.507 e. The first-order chi connectivity index (χ1) is 13.7. The molecule has 1 fully saturated rings. The molecule has 152 valence electrons. The average Bonchev–Trinajstić information content (AvgIpc) is 2.92. The number of nitrogens with zero attached hydrogens (tertiary/aromatic N) is 2. The number of rotatable bonds is 5. The van der Waals surface area contributed by atoms with E-state index in [1.807, 2.05) is 50.2 Å². The number of aliphatic hydroxyl groups is 1. The van der Waals surface area contributed by atoms with E-state index in [1.165, 1.54) is 23.1 Å². The molecule has 2 aromatic carbocycles. The van der Waals surface area contributed by atoms with Crippen LogP contribution in [0.5, 0.6) is 0 Å². The van der Waals surface area contributed by atoms with E-state index in [2.05, 4.69) is 0 Å². The summed E-state index contributed by atoms with van der Waals surface area (Å²) in [4.78, 5) is 29.1. The molecule has 1 heterocycles. The Balaban J connectivity index is 2.17. The Hall–Kier alpha value is -2.99. The number of carbonyl (C=O) groups excluding carboxylic acids is 2. The number of amides is 1. The van der Waals surface area contributed by atoms with E-state index in [-0.39, 0.29) is 11.3 Å². The maximum Gasteiger partial charge on any atom is 0.295 e. The van der Waals surface area contributed by atoms with Crippen molar-refractivity contribution < 1.29 is 19.1 Å². The molecule has 1 unspecified atom stereocenters. The Morgan fingerprint density at radius 2 is 1.86 bits per heavy atom. The van der Waals surface area contributed by atoms with Gasteiger partial charge >= 0.3 is 0 Å². The van der Waals surface area contributed by atoms with Crippen molar-refractivity contribution in [3.8, 4) is 0 Å². The lowest BCUT2D eigenvalue weighted by atomic mass is 9.94. The van der Waals surface area contributed by atoms with Gasteiger partial charge in [-0.25, -0.2) is 4.39 Å². The van der Waals surface area contributed by atoms with Crippen molar-refractivity contribution in [3.05, 3.63) is 76.1 Å². The highest BCUT2D eigenvalue weighted by Gasteiger charge is 2.45. The Morgan fingerprint density at radius 1 is 1.14 bits per heavy atom. The molecule has 0 radical (unpaired) electrons. The van der Waals surface area contributed by atoms with Crippen LogP contribution >= 0.6 is 0 Å². The maximum absolute atomic E-state index is 13.7. The summed E-state index contributed by atoms with van der Waals surface area (Å²) >= 11 is 0. The van der Waals surface area contributed by atoms with E-state index in [9.17, 15) is 19.1 Å². The summed E-state index contributed by atoms with van der Waals surface area (Å²) in [6, 6.07) is 11.0. The highest BCUT2D eigenvalue weighted by Crippen LogP contribution is 2.39. The molecule has 2 aromatic rings. The minimum atomic E-state index is -0.727. The lowest BCUT2D eigenvalue weighted by Gasteiger charge is -2.26. The lowest BCUT2D eigenvalue weighted by Crippen LogP contribution is -2.35. The molecule has 0 bridgehead atoms. The first-order valence-electron chi connectivity index (χ1n) is 9.47. The predicted octanol–water partition coefficient (Wildman–Crippen LogP) is 3.43. The van der Waals surface area contributed by atoms with Gasteiger partial charge in [0.2, 0.25) is 0 Å². The summed E-state index contributed by atoms with van der Waals surface area (Å²) in [5.74, 6) is -2.05. The van der Waals surface area contributed by atoms with Crippen molar-refractivity contribution in [1.29, 1.82) is 0 Å². The maximum atomic E-state index is 13.7. The molecule has 0 saturated carbocycles. The number of likely N-dealkylation sites (N-methyl/N-ethyl adjacent to an activating group) is 1. The Kier molecular flexibility index (Phi) is 5.84. The topological polar surface area (TPSA) is 60.9 Å². The van der Waals surface area contributed by atoms with Crippen molar-refractivity contribution in [1.82, 2.24) is 9.80 Å². The summed E-state index contributed by atoms with van der Waals surface area (Å²) in [5, 5.41) is 11.0. The van der Waals surface area contributed by atoms with Gasteiger partial charge in [0.25, 0.3) is 11.7 Å². The van der Waals surface area contributed by atoms with Crippen LogP contribution in [0, 0.1) is 19.7 Å². The number of hydrogen-bond donors (Lipinski definition) is 1. The van der Waals surface area contributed by atoms with Gasteiger partial charge in [0.1, 0.15) is 11.6 Å². The van der Waals surface area contributed by atoms with Gasteiger partial charge in [-0.05, 0) is 57.3 Å². The van der Waals surface area contributed by atoms with Crippen LogP contribution < -0.4 is 0 Å². The van der Waals surface area contributed by atoms with Crippen LogP contribution in [0.2, 0.25) is 0 Å². The number of Topliss-reactive ketones (excluding diaryl/α,β-unsaturated/α-hetero) is 1. The van der Waals surface area contributed by atoms with Gasteiger partial charge in [-0.15, -0.1) is 0 Å². The average molecular weight is 396 g/mol. The van der Waals surface area contributed by atoms with Crippen LogP contribution in [-0.2, 0) is 9.59 Å². The van der Waals surface area contributed by atoms with Crippen LogP contribution in [0.25, 0.3) is 5.76 Å². The third-order valence-electron chi connectivity index (χ3n) is 5.12. The molecular formula is C23H25FN2O3. The Morgan fingerprint density at radius 3 is 2.48 bits per heavy atom. The number of benzene rings is 2. The molecule has 0 aliphatic carbocycles. The number of hydrogen-bond acceptors (Lipinski definition) is 4. The van der Waals surface area contributed by atoms with Crippen LogP contribution in [0.3, 0.4) is 0 Å². The van der Waals surface area contributed by atoms with Crippen molar-refractivity contribution in [2.75, 3.05) is 27.2 Å². The molecular weight excluding hydrogens is 371 g/mol. The Labute approximate surface area is 170 Å². The lowest BCUT2D eigenvalue weighted by molar-refractivity contribution is -0.140. The van der Waals surface area contributed by atoms with E-state index in [1.54, 1.807) is 6.92 Å².